The van der Waals surface area contributed by atoms with Crippen LogP contribution in [0.2, 0.25) is 0 Å². The number of carbonyl (C=O) groups is 1. The maximum absolute atomic E-state index is 11.5. The van der Waals surface area contributed by atoms with Gasteiger partial charge in [0.05, 0.1) is 25.4 Å². The Morgan fingerprint density at radius 3 is 2.29 bits per heavy atom. The van der Waals surface area contributed by atoms with Gasteiger partial charge in [-0.15, -0.1) is 0 Å². The van der Waals surface area contributed by atoms with Crippen LogP contribution >= 0.6 is 0 Å². The lowest BCUT2D eigenvalue weighted by Crippen LogP contribution is -2.01. The molecule has 0 radical (unpaired) electrons. The maximum Gasteiger partial charge on any atom is 0.176 e. The highest BCUT2D eigenvalue weighted by atomic mass is 16.5. The number of fused-ring (bicyclic) bond motifs is 1. The van der Waals surface area contributed by atoms with Crippen molar-refractivity contribution in [2.45, 2.75) is 6.92 Å². The number of aryl methyl sites for hydroxylation is 1. The molecule has 2 rings (SSSR count). The van der Waals surface area contributed by atoms with Crippen LogP contribution in [0, 0.1) is 0 Å². The van der Waals surface area contributed by atoms with E-state index in [9.17, 15) is 4.79 Å². The van der Waals surface area contributed by atoms with Gasteiger partial charge in [0.25, 0.3) is 0 Å². The summed E-state index contributed by atoms with van der Waals surface area (Å²) in [5.41, 5.74) is 1.51. The first kappa shape index (κ1) is 11.5. The minimum atomic E-state index is 0.0211. The number of aromatic nitrogens is 1. The molecule has 4 nitrogen and oxygen atoms in total. The number of hydrogen-bond donors (Lipinski definition) is 0. The molecule has 0 unspecified atom stereocenters. The lowest BCUT2D eigenvalue weighted by Gasteiger charge is -2.08. The van der Waals surface area contributed by atoms with Crippen molar-refractivity contribution in [3.05, 3.63) is 23.9 Å². The van der Waals surface area contributed by atoms with E-state index in [4.69, 9.17) is 9.47 Å². The van der Waals surface area contributed by atoms with E-state index in [1.54, 1.807) is 21.1 Å². The molecule has 0 fully saturated rings. The molecule has 1 aromatic carbocycles. The van der Waals surface area contributed by atoms with Crippen molar-refractivity contribution >= 4 is 16.7 Å². The highest BCUT2D eigenvalue weighted by molar-refractivity contribution is 6.02. The molecule has 0 atom stereocenters. The smallest absolute Gasteiger partial charge is 0.176 e. The van der Waals surface area contributed by atoms with Crippen molar-refractivity contribution in [1.82, 2.24) is 4.57 Å². The predicted molar refractivity (Wildman–Crippen MR) is 66.0 cm³/mol. The van der Waals surface area contributed by atoms with Crippen LogP contribution in [0.5, 0.6) is 11.5 Å². The summed E-state index contributed by atoms with van der Waals surface area (Å²) in [6.45, 7) is 1.55. The first-order chi connectivity index (χ1) is 8.10. The van der Waals surface area contributed by atoms with Gasteiger partial charge in [-0.05, 0) is 18.2 Å². The van der Waals surface area contributed by atoms with Gasteiger partial charge >= 0.3 is 0 Å². The number of hydrogen-bond acceptors (Lipinski definition) is 3. The Morgan fingerprint density at radius 2 is 1.76 bits per heavy atom. The van der Waals surface area contributed by atoms with Crippen LogP contribution in [0.25, 0.3) is 10.9 Å². The predicted octanol–water partition coefficient (Wildman–Crippen LogP) is 2.40. The summed E-state index contributed by atoms with van der Waals surface area (Å²) in [5.74, 6) is 1.49. The highest BCUT2D eigenvalue weighted by Gasteiger charge is 2.16. The van der Waals surface area contributed by atoms with Gasteiger partial charge in [-0.2, -0.15) is 0 Å². The van der Waals surface area contributed by atoms with E-state index in [-0.39, 0.29) is 5.78 Å². The second-order valence-corrected chi connectivity index (χ2v) is 3.88. The number of benzene rings is 1. The lowest BCUT2D eigenvalue weighted by molar-refractivity contribution is 0.101. The molecular weight excluding hydrogens is 218 g/mol. The van der Waals surface area contributed by atoms with E-state index < -0.39 is 0 Å². The van der Waals surface area contributed by atoms with Gasteiger partial charge < -0.3 is 14.0 Å². The summed E-state index contributed by atoms with van der Waals surface area (Å²) in [4.78, 5) is 11.5. The minimum absolute atomic E-state index is 0.0211. The summed E-state index contributed by atoms with van der Waals surface area (Å²) >= 11 is 0. The third-order valence-electron chi connectivity index (χ3n) is 2.92. The van der Waals surface area contributed by atoms with Crippen molar-refractivity contribution in [2.24, 2.45) is 7.05 Å². The third kappa shape index (κ3) is 1.65. The zero-order valence-electron chi connectivity index (χ0n) is 10.4. The molecular formula is C13H15NO3. The van der Waals surface area contributed by atoms with Crippen LogP contribution in [0.15, 0.2) is 18.2 Å². The SMILES string of the molecule is COc1ccc(OC)c2c1cc(C(C)=O)n2C. The number of carbonyl (C=O) groups excluding carboxylic acids is 1. The van der Waals surface area contributed by atoms with Crippen molar-refractivity contribution in [1.29, 1.82) is 0 Å². The fourth-order valence-corrected chi connectivity index (χ4v) is 2.09. The Labute approximate surface area is 99.7 Å². The van der Waals surface area contributed by atoms with Gasteiger partial charge in [0.2, 0.25) is 0 Å². The second-order valence-electron chi connectivity index (χ2n) is 3.88. The van der Waals surface area contributed by atoms with E-state index in [0.29, 0.717) is 5.69 Å². The molecule has 4 heteroatoms. The standard InChI is InChI=1S/C13H15NO3/c1-8(15)10-7-9-11(16-3)5-6-12(17-4)13(9)14(10)2/h5-7H,1-4H3. The summed E-state index contributed by atoms with van der Waals surface area (Å²) in [5, 5.41) is 0.888. The van der Waals surface area contributed by atoms with E-state index in [1.807, 2.05) is 29.8 Å². The normalized spacial score (nSPS) is 10.6. The number of ketones is 1. The summed E-state index contributed by atoms with van der Waals surface area (Å²) in [7, 11) is 5.07. The Balaban J connectivity index is 2.87. The van der Waals surface area contributed by atoms with Gasteiger partial charge in [-0.1, -0.05) is 0 Å². The topological polar surface area (TPSA) is 40.5 Å². The Bertz CT molecular complexity index is 584. The molecule has 17 heavy (non-hydrogen) atoms. The highest BCUT2D eigenvalue weighted by Crippen LogP contribution is 2.35. The first-order valence-electron chi connectivity index (χ1n) is 5.31. The fourth-order valence-electron chi connectivity index (χ4n) is 2.09. The molecule has 0 amide bonds. The molecule has 90 valence electrons. The van der Waals surface area contributed by atoms with Gasteiger partial charge in [0, 0.05) is 19.4 Å². The van der Waals surface area contributed by atoms with E-state index in [2.05, 4.69) is 0 Å². The molecule has 0 saturated heterocycles. The summed E-state index contributed by atoms with van der Waals surface area (Å²) < 4.78 is 12.4. The van der Waals surface area contributed by atoms with Gasteiger partial charge in [-0.3, -0.25) is 4.79 Å². The van der Waals surface area contributed by atoms with Crippen molar-refractivity contribution in [3.8, 4) is 11.5 Å². The number of rotatable bonds is 3. The van der Waals surface area contributed by atoms with Crippen LogP contribution in [0.1, 0.15) is 17.4 Å². The monoisotopic (exact) mass is 233 g/mol. The average molecular weight is 233 g/mol. The molecule has 2 aromatic rings. The molecule has 0 N–H and O–H groups in total. The zero-order chi connectivity index (χ0) is 12.6. The number of ether oxygens (including phenoxy) is 2. The molecule has 1 heterocycles. The van der Waals surface area contributed by atoms with Crippen LogP contribution in [0.4, 0.5) is 0 Å². The minimum Gasteiger partial charge on any atom is -0.496 e. The molecule has 0 bridgehead atoms. The Hall–Kier alpha value is -1.97. The molecule has 0 saturated carbocycles. The molecule has 0 aliphatic rings. The van der Waals surface area contributed by atoms with Crippen molar-refractivity contribution in [2.75, 3.05) is 14.2 Å². The average Bonchev–Trinajstić information content (AvgIpc) is 2.67. The molecule has 0 aliphatic heterocycles. The molecule has 1 aromatic heterocycles. The van der Waals surface area contributed by atoms with Crippen LogP contribution in [0.3, 0.4) is 0 Å². The summed E-state index contributed by atoms with van der Waals surface area (Å²) in [6, 6.07) is 5.51. The third-order valence-corrected chi connectivity index (χ3v) is 2.92. The molecule has 0 aliphatic carbocycles. The maximum atomic E-state index is 11.5. The lowest BCUT2D eigenvalue weighted by atomic mass is 10.2. The van der Waals surface area contributed by atoms with Crippen LogP contribution < -0.4 is 9.47 Å². The van der Waals surface area contributed by atoms with E-state index >= 15 is 0 Å². The van der Waals surface area contributed by atoms with Gasteiger partial charge in [-0.25, -0.2) is 0 Å². The van der Waals surface area contributed by atoms with Gasteiger partial charge in [0.15, 0.2) is 5.78 Å². The first-order valence-corrected chi connectivity index (χ1v) is 5.31. The number of Topliss-reactive ketones (excluding diaryl/α,β-unsaturated/α-hetero) is 1. The largest absolute Gasteiger partial charge is 0.496 e. The van der Waals surface area contributed by atoms with Crippen molar-refractivity contribution in [3.63, 3.8) is 0 Å². The zero-order valence-corrected chi connectivity index (χ0v) is 10.4. The molecule has 0 spiro atoms. The second kappa shape index (κ2) is 4.13. The van der Waals surface area contributed by atoms with Gasteiger partial charge in [0.1, 0.15) is 11.5 Å². The van der Waals surface area contributed by atoms with Crippen molar-refractivity contribution < 1.29 is 14.3 Å². The summed E-state index contributed by atoms with van der Waals surface area (Å²) in [6.07, 6.45) is 0. The van der Waals surface area contributed by atoms with Crippen LogP contribution in [-0.2, 0) is 7.05 Å². The Morgan fingerprint density at radius 1 is 1.18 bits per heavy atom. The van der Waals surface area contributed by atoms with E-state index in [1.165, 1.54) is 0 Å². The number of methoxy groups -OCH3 is 2. The van der Waals surface area contributed by atoms with E-state index in [0.717, 1.165) is 22.4 Å². The fraction of sp³-hybridized carbons (Fsp3) is 0.308. The number of nitrogens with zero attached hydrogens (tertiary/aromatic N) is 1. The Kier molecular flexibility index (Phi) is 2.79. The van der Waals surface area contributed by atoms with Crippen LogP contribution in [-0.4, -0.2) is 24.6 Å². The quantitative estimate of drug-likeness (QED) is 0.764.